The van der Waals surface area contributed by atoms with Crippen LogP contribution in [-0.2, 0) is 9.59 Å². The Morgan fingerprint density at radius 3 is 2.71 bits per heavy atom. The third-order valence-corrected chi connectivity index (χ3v) is 7.08. The summed E-state index contributed by atoms with van der Waals surface area (Å²) in [6.07, 6.45) is 1.97. The van der Waals surface area contributed by atoms with E-state index in [-0.39, 0.29) is 23.2 Å². The fourth-order valence-electron chi connectivity index (χ4n) is 4.41. The van der Waals surface area contributed by atoms with Crippen LogP contribution in [0.1, 0.15) is 53.6 Å². The summed E-state index contributed by atoms with van der Waals surface area (Å²) in [6, 6.07) is 16.9. The first-order valence-corrected chi connectivity index (χ1v) is 12.1. The molecule has 1 amide bonds. The number of thioether (sulfide) groups is 1. The summed E-state index contributed by atoms with van der Waals surface area (Å²) in [5, 5.41) is 16.8. The number of Topliss-reactive ketones (excluding diaryl/α,β-unsaturated/α-hetero) is 2. The monoisotopic (exact) mass is 471 g/mol. The molecule has 172 valence electrons. The van der Waals surface area contributed by atoms with Crippen LogP contribution in [0.15, 0.2) is 70.4 Å². The number of dihydropyridines is 1. The zero-order valence-corrected chi connectivity index (χ0v) is 19.9. The number of carbonyl (C=O) groups excluding carboxylic acids is 3. The minimum Gasteiger partial charge on any atom is -0.352 e. The molecule has 2 aromatic carbocycles. The quantitative estimate of drug-likeness (QED) is 0.576. The summed E-state index contributed by atoms with van der Waals surface area (Å²) in [7, 11) is 0. The van der Waals surface area contributed by atoms with Crippen molar-refractivity contribution in [3.05, 3.63) is 87.1 Å². The number of hydrogen-bond donors (Lipinski definition) is 2. The summed E-state index contributed by atoms with van der Waals surface area (Å²) >= 11 is 1.25. The van der Waals surface area contributed by atoms with Crippen LogP contribution < -0.4 is 10.6 Å². The first-order valence-electron chi connectivity index (χ1n) is 11.2. The molecule has 1 aliphatic heterocycles. The molecule has 0 spiro atoms. The van der Waals surface area contributed by atoms with Crippen molar-refractivity contribution in [2.45, 2.75) is 39.0 Å². The number of anilines is 1. The highest BCUT2D eigenvalue weighted by Crippen LogP contribution is 2.44. The van der Waals surface area contributed by atoms with Crippen molar-refractivity contribution in [1.29, 1.82) is 5.26 Å². The molecule has 1 aliphatic carbocycles. The van der Waals surface area contributed by atoms with E-state index in [1.54, 1.807) is 24.3 Å². The lowest BCUT2D eigenvalue weighted by atomic mass is 9.76. The number of allylic oxidation sites excluding steroid dienone is 3. The van der Waals surface area contributed by atoms with E-state index < -0.39 is 5.92 Å². The van der Waals surface area contributed by atoms with Gasteiger partial charge in [-0.3, -0.25) is 14.4 Å². The van der Waals surface area contributed by atoms with E-state index >= 15 is 0 Å². The minimum absolute atomic E-state index is 0.0712. The number of hydrogen-bond acceptors (Lipinski definition) is 6. The lowest BCUT2D eigenvalue weighted by Gasteiger charge is -2.33. The number of carbonyl (C=O) groups is 3. The van der Waals surface area contributed by atoms with Gasteiger partial charge in [-0.25, -0.2) is 0 Å². The molecule has 0 saturated heterocycles. The van der Waals surface area contributed by atoms with Crippen LogP contribution in [0, 0.1) is 18.3 Å². The summed E-state index contributed by atoms with van der Waals surface area (Å²) in [6.45, 7) is 3.46. The van der Waals surface area contributed by atoms with E-state index in [9.17, 15) is 19.6 Å². The number of ketones is 2. The molecule has 2 aromatic rings. The summed E-state index contributed by atoms with van der Waals surface area (Å²) in [5.41, 5.74) is 5.00. The highest BCUT2D eigenvalue weighted by Gasteiger charge is 2.37. The zero-order valence-electron chi connectivity index (χ0n) is 19.1. The lowest BCUT2D eigenvalue weighted by molar-refractivity contribution is -0.116. The van der Waals surface area contributed by atoms with E-state index in [0.717, 1.165) is 29.7 Å². The van der Waals surface area contributed by atoms with Crippen LogP contribution in [0.2, 0.25) is 0 Å². The van der Waals surface area contributed by atoms with Crippen molar-refractivity contribution in [3.8, 4) is 6.07 Å². The number of nitrogens with zero attached hydrogens (tertiary/aromatic N) is 1. The third-order valence-electron chi connectivity index (χ3n) is 6.06. The summed E-state index contributed by atoms with van der Waals surface area (Å²) < 4.78 is 0. The van der Waals surface area contributed by atoms with Crippen LogP contribution in [-0.4, -0.2) is 23.2 Å². The fourth-order valence-corrected chi connectivity index (χ4v) is 5.27. The SMILES string of the molecule is CC(=O)c1cccc(NC(=O)CSC2=C(C#N)[C@@H](c3ccccc3C)C3=C(CCCC3=O)N2)c1. The molecular weight excluding hydrogens is 446 g/mol. The maximum Gasteiger partial charge on any atom is 0.234 e. The van der Waals surface area contributed by atoms with E-state index in [4.69, 9.17) is 0 Å². The predicted molar refractivity (Wildman–Crippen MR) is 133 cm³/mol. The zero-order chi connectivity index (χ0) is 24.2. The normalized spacial score (nSPS) is 17.6. The second-order valence-electron chi connectivity index (χ2n) is 8.41. The van der Waals surface area contributed by atoms with Gasteiger partial charge in [-0.15, -0.1) is 0 Å². The molecule has 7 heteroatoms. The van der Waals surface area contributed by atoms with E-state index in [1.807, 2.05) is 31.2 Å². The first kappa shape index (κ1) is 23.5. The lowest BCUT2D eigenvalue weighted by Crippen LogP contribution is -2.32. The number of aryl methyl sites for hydroxylation is 1. The van der Waals surface area contributed by atoms with E-state index in [2.05, 4.69) is 16.7 Å². The van der Waals surface area contributed by atoms with Gasteiger partial charge in [0.2, 0.25) is 5.91 Å². The standard InChI is InChI=1S/C27H25N3O3S/c1-16-7-3-4-10-20(16)25-21(14-28)27(30-22-11-6-12-23(32)26(22)25)34-15-24(33)29-19-9-5-8-18(13-19)17(2)31/h3-5,7-10,13,25,30H,6,11-12,15H2,1-2H3,(H,29,33)/t25-/m1/s1. The third kappa shape index (κ3) is 4.82. The second-order valence-corrected chi connectivity index (χ2v) is 9.40. The molecule has 0 unspecified atom stereocenters. The Morgan fingerprint density at radius 2 is 1.97 bits per heavy atom. The van der Waals surface area contributed by atoms with Crippen LogP contribution in [0.4, 0.5) is 5.69 Å². The van der Waals surface area contributed by atoms with Gasteiger partial charge in [0.25, 0.3) is 0 Å². The molecule has 0 radical (unpaired) electrons. The molecule has 0 fully saturated rings. The van der Waals surface area contributed by atoms with Gasteiger partial charge in [0.1, 0.15) is 0 Å². The van der Waals surface area contributed by atoms with E-state index in [1.165, 1.54) is 18.7 Å². The average Bonchev–Trinajstić information content (AvgIpc) is 2.82. The van der Waals surface area contributed by atoms with Gasteiger partial charge in [0.05, 0.1) is 28.3 Å². The molecule has 34 heavy (non-hydrogen) atoms. The smallest absolute Gasteiger partial charge is 0.234 e. The molecule has 0 saturated carbocycles. The summed E-state index contributed by atoms with van der Waals surface area (Å²) in [4.78, 5) is 37.2. The number of nitriles is 1. The number of nitrogens with one attached hydrogen (secondary N) is 2. The van der Waals surface area contributed by atoms with Gasteiger partial charge < -0.3 is 10.6 Å². The Bertz CT molecular complexity index is 1290. The second kappa shape index (κ2) is 10.1. The maximum absolute atomic E-state index is 12.9. The molecule has 0 aromatic heterocycles. The molecule has 0 bridgehead atoms. The van der Waals surface area contributed by atoms with Crippen molar-refractivity contribution < 1.29 is 14.4 Å². The van der Waals surface area contributed by atoms with Gasteiger partial charge in [0, 0.05) is 28.9 Å². The number of benzene rings is 2. The maximum atomic E-state index is 12.9. The highest BCUT2D eigenvalue weighted by molar-refractivity contribution is 8.03. The molecule has 2 N–H and O–H groups in total. The molecular formula is C27H25N3O3S. The highest BCUT2D eigenvalue weighted by atomic mass is 32.2. The van der Waals surface area contributed by atoms with Crippen LogP contribution in [0.3, 0.4) is 0 Å². The molecule has 1 heterocycles. The first-order chi connectivity index (χ1) is 16.4. The number of rotatable bonds is 6. The fraction of sp³-hybridized carbons (Fsp3) is 0.259. The van der Waals surface area contributed by atoms with Gasteiger partial charge in [-0.1, -0.05) is 48.2 Å². The Balaban J connectivity index is 1.60. The Kier molecular flexibility index (Phi) is 6.99. The van der Waals surface area contributed by atoms with Crippen molar-refractivity contribution in [1.82, 2.24) is 5.32 Å². The van der Waals surface area contributed by atoms with Crippen molar-refractivity contribution >= 4 is 34.9 Å². The Labute approximate surface area is 203 Å². The molecule has 2 aliphatic rings. The number of amides is 1. The van der Waals surface area contributed by atoms with Gasteiger partial charge in [-0.05, 0) is 49.9 Å². The summed E-state index contributed by atoms with van der Waals surface area (Å²) in [5.74, 6) is -0.609. The Hall–Kier alpha value is -3.63. The van der Waals surface area contributed by atoms with Crippen LogP contribution >= 0.6 is 11.8 Å². The van der Waals surface area contributed by atoms with Crippen molar-refractivity contribution in [3.63, 3.8) is 0 Å². The Morgan fingerprint density at radius 1 is 1.18 bits per heavy atom. The predicted octanol–water partition coefficient (Wildman–Crippen LogP) is 5.00. The van der Waals surface area contributed by atoms with E-state index in [0.29, 0.717) is 33.8 Å². The molecule has 1 atom stereocenters. The molecule has 6 nitrogen and oxygen atoms in total. The largest absolute Gasteiger partial charge is 0.352 e. The van der Waals surface area contributed by atoms with Gasteiger partial charge in [-0.2, -0.15) is 5.26 Å². The topological polar surface area (TPSA) is 99.1 Å². The van der Waals surface area contributed by atoms with Gasteiger partial charge >= 0.3 is 0 Å². The van der Waals surface area contributed by atoms with Crippen LogP contribution in [0.25, 0.3) is 0 Å². The van der Waals surface area contributed by atoms with Gasteiger partial charge in [0.15, 0.2) is 11.6 Å². The molecule has 4 rings (SSSR count). The van der Waals surface area contributed by atoms with Crippen molar-refractivity contribution in [2.75, 3.05) is 11.1 Å². The van der Waals surface area contributed by atoms with Crippen LogP contribution in [0.5, 0.6) is 0 Å². The average molecular weight is 472 g/mol. The van der Waals surface area contributed by atoms with Crippen molar-refractivity contribution in [2.24, 2.45) is 0 Å². The minimum atomic E-state index is -0.437.